The maximum Gasteiger partial charge on any atom is 0.363 e. The number of benzene rings is 2. The molecule has 0 bridgehead atoms. The number of hydrogen-bond acceptors (Lipinski definition) is 5. The summed E-state index contributed by atoms with van der Waals surface area (Å²) in [6.45, 7) is 2.56. The predicted octanol–water partition coefficient (Wildman–Crippen LogP) is 4.98. The molecule has 0 spiro atoms. The third-order valence-electron chi connectivity index (χ3n) is 4.17. The van der Waals surface area contributed by atoms with Crippen LogP contribution in [0.1, 0.15) is 21.6 Å². The number of rotatable bonds is 5. The minimum Gasteiger partial charge on any atom is -0.489 e. The van der Waals surface area contributed by atoms with Gasteiger partial charge in [0.1, 0.15) is 12.4 Å². The number of carbonyl (C=O) groups is 1. The molecular formula is C22H17NO3S. The zero-order chi connectivity index (χ0) is 18.6. The van der Waals surface area contributed by atoms with Gasteiger partial charge in [0.15, 0.2) is 5.70 Å². The van der Waals surface area contributed by atoms with Crippen molar-refractivity contribution in [1.82, 2.24) is 0 Å². The van der Waals surface area contributed by atoms with E-state index < -0.39 is 5.97 Å². The molecule has 0 atom stereocenters. The average molecular weight is 375 g/mol. The van der Waals surface area contributed by atoms with E-state index in [0.29, 0.717) is 12.5 Å². The number of thiophene rings is 1. The van der Waals surface area contributed by atoms with Gasteiger partial charge in [-0.3, -0.25) is 0 Å². The molecule has 4 nitrogen and oxygen atoms in total. The van der Waals surface area contributed by atoms with Crippen LogP contribution in [0.3, 0.4) is 0 Å². The molecule has 0 saturated carbocycles. The molecule has 4 rings (SSSR count). The fraction of sp³-hybridized carbons (Fsp3) is 0.0909. The number of esters is 1. The average Bonchev–Trinajstić information content (AvgIpc) is 3.32. The maximum absolute atomic E-state index is 12.1. The van der Waals surface area contributed by atoms with Crippen molar-refractivity contribution in [3.63, 3.8) is 0 Å². The van der Waals surface area contributed by atoms with Crippen molar-refractivity contribution in [3.05, 3.63) is 93.3 Å². The molecule has 1 aliphatic rings. The van der Waals surface area contributed by atoms with Crippen LogP contribution in [0, 0.1) is 6.92 Å². The SMILES string of the molecule is Cc1ccccc1COc1cccc(/C=C2/N=C(c3cccs3)OC2=O)c1. The Morgan fingerprint density at radius 1 is 1.11 bits per heavy atom. The molecule has 2 aromatic carbocycles. The number of aliphatic imine (C=N–C) groups is 1. The minimum atomic E-state index is -0.440. The van der Waals surface area contributed by atoms with Crippen molar-refractivity contribution in [1.29, 1.82) is 0 Å². The van der Waals surface area contributed by atoms with Gasteiger partial charge in [-0.2, -0.15) is 0 Å². The molecular weight excluding hydrogens is 358 g/mol. The first-order valence-corrected chi connectivity index (χ1v) is 9.41. The second-order valence-electron chi connectivity index (χ2n) is 6.10. The van der Waals surface area contributed by atoms with Gasteiger partial charge < -0.3 is 9.47 Å². The Kier molecular flexibility index (Phi) is 4.85. The summed E-state index contributed by atoms with van der Waals surface area (Å²) in [5.41, 5.74) is 3.46. The van der Waals surface area contributed by atoms with Gasteiger partial charge in [-0.25, -0.2) is 9.79 Å². The first kappa shape index (κ1) is 17.2. The molecule has 1 aromatic heterocycles. The molecule has 2 heterocycles. The van der Waals surface area contributed by atoms with Crippen LogP contribution in [0.4, 0.5) is 0 Å². The summed E-state index contributed by atoms with van der Waals surface area (Å²) in [5.74, 6) is 0.652. The van der Waals surface area contributed by atoms with Crippen LogP contribution in [0.5, 0.6) is 5.75 Å². The molecule has 1 aliphatic heterocycles. The number of carbonyl (C=O) groups excluding carboxylic acids is 1. The van der Waals surface area contributed by atoms with Crippen molar-refractivity contribution >= 4 is 29.3 Å². The van der Waals surface area contributed by atoms with Gasteiger partial charge in [0.2, 0.25) is 5.90 Å². The van der Waals surface area contributed by atoms with Crippen molar-refractivity contribution < 1.29 is 14.3 Å². The molecule has 0 saturated heterocycles. The lowest BCUT2D eigenvalue weighted by Gasteiger charge is -2.09. The van der Waals surface area contributed by atoms with E-state index in [2.05, 4.69) is 24.0 Å². The number of aryl methyl sites for hydroxylation is 1. The van der Waals surface area contributed by atoms with E-state index in [1.807, 2.05) is 53.9 Å². The van der Waals surface area contributed by atoms with Crippen LogP contribution < -0.4 is 4.74 Å². The maximum atomic E-state index is 12.1. The first-order valence-electron chi connectivity index (χ1n) is 8.53. The van der Waals surface area contributed by atoms with Gasteiger partial charge in [-0.15, -0.1) is 11.3 Å². The second kappa shape index (κ2) is 7.60. The van der Waals surface area contributed by atoms with Crippen molar-refractivity contribution in [3.8, 4) is 5.75 Å². The second-order valence-corrected chi connectivity index (χ2v) is 7.05. The largest absolute Gasteiger partial charge is 0.489 e. The Bertz CT molecular complexity index is 1040. The number of hydrogen-bond donors (Lipinski definition) is 0. The summed E-state index contributed by atoms with van der Waals surface area (Å²) in [7, 11) is 0. The Hall–Kier alpha value is -3.18. The summed E-state index contributed by atoms with van der Waals surface area (Å²) in [4.78, 5) is 17.2. The van der Waals surface area contributed by atoms with E-state index in [0.717, 1.165) is 21.8 Å². The first-order chi connectivity index (χ1) is 13.2. The van der Waals surface area contributed by atoms with E-state index in [9.17, 15) is 4.79 Å². The van der Waals surface area contributed by atoms with Crippen molar-refractivity contribution in [2.75, 3.05) is 0 Å². The Balaban J connectivity index is 1.51. The third kappa shape index (κ3) is 3.99. The fourth-order valence-electron chi connectivity index (χ4n) is 2.70. The van der Waals surface area contributed by atoms with Crippen LogP contribution in [-0.2, 0) is 16.1 Å². The van der Waals surface area contributed by atoms with E-state index in [-0.39, 0.29) is 5.70 Å². The van der Waals surface area contributed by atoms with Crippen LogP contribution >= 0.6 is 11.3 Å². The monoisotopic (exact) mass is 375 g/mol. The summed E-state index contributed by atoms with van der Waals surface area (Å²) in [6.07, 6.45) is 1.71. The highest BCUT2D eigenvalue weighted by molar-refractivity contribution is 7.12. The minimum absolute atomic E-state index is 0.287. The highest BCUT2D eigenvalue weighted by Crippen LogP contribution is 2.23. The topological polar surface area (TPSA) is 47.9 Å². The van der Waals surface area contributed by atoms with Gasteiger partial charge >= 0.3 is 5.97 Å². The number of cyclic esters (lactones) is 1. The highest BCUT2D eigenvalue weighted by atomic mass is 32.1. The lowest BCUT2D eigenvalue weighted by molar-refractivity contribution is -0.129. The summed E-state index contributed by atoms with van der Waals surface area (Å²) in [5, 5.41) is 1.92. The van der Waals surface area contributed by atoms with Gasteiger partial charge in [0.25, 0.3) is 0 Å². The van der Waals surface area contributed by atoms with Gasteiger partial charge in [-0.1, -0.05) is 42.5 Å². The van der Waals surface area contributed by atoms with Gasteiger partial charge in [0.05, 0.1) is 4.88 Å². The van der Waals surface area contributed by atoms with Crippen LogP contribution in [-0.4, -0.2) is 11.9 Å². The molecule has 27 heavy (non-hydrogen) atoms. The molecule has 0 amide bonds. The van der Waals surface area contributed by atoms with E-state index in [4.69, 9.17) is 9.47 Å². The summed E-state index contributed by atoms with van der Waals surface area (Å²) in [6, 6.07) is 19.5. The number of nitrogens with zero attached hydrogens (tertiary/aromatic N) is 1. The van der Waals surface area contributed by atoms with Crippen LogP contribution in [0.25, 0.3) is 6.08 Å². The zero-order valence-corrected chi connectivity index (χ0v) is 15.5. The fourth-order valence-corrected chi connectivity index (χ4v) is 3.35. The third-order valence-corrected chi connectivity index (χ3v) is 5.03. The van der Waals surface area contributed by atoms with Crippen LogP contribution in [0.2, 0.25) is 0 Å². The summed E-state index contributed by atoms with van der Waals surface area (Å²) >= 11 is 1.48. The quantitative estimate of drug-likeness (QED) is 0.467. The van der Waals surface area contributed by atoms with E-state index in [1.165, 1.54) is 16.9 Å². The Labute approximate surface area is 161 Å². The van der Waals surface area contributed by atoms with Gasteiger partial charge in [0, 0.05) is 0 Å². The molecule has 5 heteroatoms. The highest BCUT2D eigenvalue weighted by Gasteiger charge is 2.24. The van der Waals surface area contributed by atoms with Crippen molar-refractivity contribution in [2.24, 2.45) is 4.99 Å². The molecule has 134 valence electrons. The van der Waals surface area contributed by atoms with E-state index >= 15 is 0 Å². The van der Waals surface area contributed by atoms with Gasteiger partial charge in [-0.05, 0) is 53.3 Å². The predicted molar refractivity (Wildman–Crippen MR) is 107 cm³/mol. The Morgan fingerprint density at radius 3 is 2.81 bits per heavy atom. The van der Waals surface area contributed by atoms with E-state index in [1.54, 1.807) is 6.08 Å². The lowest BCUT2D eigenvalue weighted by Crippen LogP contribution is -2.03. The number of ether oxygens (including phenoxy) is 2. The molecule has 0 aliphatic carbocycles. The van der Waals surface area contributed by atoms with Crippen molar-refractivity contribution in [2.45, 2.75) is 13.5 Å². The lowest BCUT2D eigenvalue weighted by atomic mass is 10.1. The smallest absolute Gasteiger partial charge is 0.363 e. The zero-order valence-electron chi connectivity index (χ0n) is 14.7. The standard InChI is InChI=1S/C22H17NO3S/c1-15-6-2-3-8-17(15)14-25-18-9-4-7-16(12-18)13-19-22(24)26-21(23-19)20-10-5-11-27-20/h2-13H,14H2,1H3/b19-13+. The molecule has 0 fully saturated rings. The molecule has 0 radical (unpaired) electrons. The normalized spacial score (nSPS) is 14.9. The summed E-state index contributed by atoms with van der Waals surface area (Å²) < 4.78 is 11.2. The Morgan fingerprint density at radius 2 is 2.00 bits per heavy atom. The molecule has 0 unspecified atom stereocenters. The van der Waals surface area contributed by atoms with Crippen LogP contribution in [0.15, 0.2) is 76.7 Å². The molecule has 0 N–H and O–H groups in total. The molecule has 3 aromatic rings.